The molecule has 0 spiro atoms. The number of ether oxygens (including phenoxy) is 3. The van der Waals surface area contributed by atoms with Crippen molar-refractivity contribution in [3.63, 3.8) is 0 Å². The molecule has 0 aliphatic heterocycles. The normalized spacial score (nSPS) is 10.9. The highest BCUT2D eigenvalue weighted by molar-refractivity contribution is 6.12. The van der Waals surface area contributed by atoms with E-state index in [1.54, 1.807) is 42.5 Å². The third-order valence-corrected chi connectivity index (χ3v) is 4.25. The Kier molecular flexibility index (Phi) is 4.08. The van der Waals surface area contributed by atoms with E-state index in [-0.39, 0.29) is 11.5 Å². The largest absolute Gasteiger partial charge is 0.507 e. The van der Waals surface area contributed by atoms with Gasteiger partial charge in [-0.15, -0.1) is 0 Å². The van der Waals surface area contributed by atoms with Crippen LogP contribution in [0.15, 0.2) is 59.0 Å². The molecule has 0 bridgehead atoms. The summed E-state index contributed by atoms with van der Waals surface area (Å²) in [6.45, 7) is 0. The topological polar surface area (TPSA) is 78.1 Å². The van der Waals surface area contributed by atoms with Crippen LogP contribution in [0.3, 0.4) is 0 Å². The summed E-state index contributed by atoms with van der Waals surface area (Å²) in [6.07, 6.45) is 0. The Balaban J connectivity index is 1.92. The summed E-state index contributed by atoms with van der Waals surface area (Å²) >= 11 is 0. The van der Waals surface area contributed by atoms with Gasteiger partial charge in [-0.1, -0.05) is 18.2 Å². The van der Waals surface area contributed by atoms with Crippen LogP contribution in [0, 0.1) is 0 Å². The van der Waals surface area contributed by atoms with E-state index in [0.717, 1.165) is 0 Å². The van der Waals surface area contributed by atoms with Gasteiger partial charge in [-0.25, -0.2) is 4.79 Å². The molecule has 0 saturated heterocycles. The summed E-state index contributed by atoms with van der Waals surface area (Å²) in [5, 5.41) is 11.4. The number of carbonyl (C=O) groups is 1. The van der Waals surface area contributed by atoms with E-state index >= 15 is 0 Å². The van der Waals surface area contributed by atoms with Crippen molar-refractivity contribution in [3.8, 4) is 23.0 Å². The number of aromatic hydroxyl groups is 1. The van der Waals surface area contributed by atoms with Crippen molar-refractivity contribution >= 4 is 27.9 Å². The van der Waals surface area contributed by atoms with Crippen molar-refractivity contribution < 1.29 is 28.5 Å². The van der Waals surface area contributed by atoms with E-state index < -0.39 is 5.97 Å². The van der Waals surface area contributed by atoms with Crippen LogP contribution in [0.1, 0.15) is 10.4 Å². The quantitative estimate of drug-likeness (QED) is 0.423. The number of phenolic OH excluding ortho intramolecular Hbond substituents is 1. The van der Waals surface area contributed by atoms with Gasteiger partial charge < -0.3 is 23.7 Å². The van der Waals surface area contributed by atoms with Gasteiger partial charge >= 0.3 is 5.97 Å². The molecule has 1 aromatic heterocycles. The van der Waals surface area contributed by atoms with E-state index in [9.17, 15) is 9.90 Å². The zero-order valence-electron chi connectivity index (χ0n) is 14.7. The summed E-state index contributed by atoms with van der Waals surface area (Å²) < 4.78 is 21.9. The molecule has 1 heterocycles. The van der Waals surface area contributed by atoms with E-state index in [2.05, 4.69) is 0 Å². The van der Waals surface area contributed by atoms with Crippen LogP contribution in [0.2, 0.25) is 0 Å². The van der Waals surface area contributed by atoms with Crippen LogP contribution >= 0.6 is 0 Å². The minimum Gasteiger partial charge on any atom is -0.507 e. The molecule has 0 amide bonds. The Bertz CT molecular complexity index is 1140. The highest BCUT2D eigenvalue weighted by Crippen LogP contribution is 2.44. The first-order chi connectivity index (χ1) is 13.1. The molecule has 27 heavy (non-hydrogen) atoms. The Morgan fingerprint density at radius 1 is 0.889 bits per heavy atom. The van der Waals surface area contributed by atoms with Crippen molar-refractivity contribution in [3.05, 3.63) is 60.2 Å². The summed E-state index contributed by atoms with van der Waals surface area (Å²) in [5.41, 5.74) is 1.24. The van der Waals surface area contributed by atoms with Gasteiger partial charge in [0.15, 0.2) is 0 Å². The lowest BCUT2D eigenvalue weighted by atomic mass is 10.1. The molecule has 3 aromatic carbocycles. The average molecular weight is 364 g/mol. The molecule has 0 radical (unpaired) electrons. The zero-order chi connectivity index (χ0) is 19.0. The third kappa shape index (κ3) is 2.91. The van der Waals surface area contributed by atoms with Crippen LogP contribution in [-0.2, 0) is 0 Å². The van der Waals surface area contributed by atoms with Gasteiger partial charge in [-0.2, -0.15) is 0 Å². The minimum atomic E-state index is -0.521. The second-order valence-electron chi connectivity index (χ2n) is 5.88. The standard InChI is InChI=1S/C21H16O6/c1-24-13-8-15(22)19-16(9-13)26-17-10-14(25-2)11-18(20(17)19)27-21(23)12-6-4-3-5-7-12/h3-11,22H,1-2H3. The third-order valence-electron chi connectivity index (χ3n) is 4.25. The molecule has 0 aliphatic carbocycles. The molecular weight excluding hydrogens is 348 g/mol. The van der Waals surface area contributed by atoms with Gasteiger partial charge in [0, 0.05) is 24.3 Å². The molecule has 0 saturated carbocycles. The number of methoxy groups -OCH3 is 2. The van der Waals surface area contributed by atoms with Gasteiger partial charge in [-0.05, 0) is 12.1 Å². The first-order valence-electron chi connectivity index (χ1n) is 8.19. The maximum Gasteiger partial charge on any atom is 0.343 e. The van der Waals surface area contributed by atoms with Crippen molar-refractivity contribution in [1.29, 1.82) is 0 Å². The number of esters is 1. The second kappa shape index (κ2) is 6.57. The lowest BCUT2D eigenvalue weighted by Crippen LogP contribution is -2.08. The predicted octanol–water partition coefficient (Wildman–Crippen LogP) is 4.53. The summed E-state index contributed by atoms with van der Waals surface area (Å²) in [4.78, 5) is 12.5. The predicted molar refractivity (Wildman–Crippen MR) is 99.9 cm³/mol. The number of fused-ring (bicyclic) bond motifs is 3. The Hall–Kier alpha value is -3.67. The molecule has 6 heteroatoms. The molecule has 6 nitrogen and oxygen atoms in total. The van der Waals surface area contributed by atoms with E-state index in [4.69, 9.17) is 18.6 Å². The fourth-order valence-electron chi connectivity index (χ4n) is 2.97. The highest BCUT2D eigenvalue weighted by atomic mass is 16.5. The van der Waals surface area contributed by atoms with Crippen LogP contribution in [0.25, 0.3) is 21.9 Å². The molecule has 1 N–H and O–H groups in total. The SMILES string of the molecule is COc1cc(O)c2c(c1)oc1cc(OC)cc(OC(=O)c3ccccc3)c12. The number of phenols is 1. The lowest BCUT2D eigenvalue weighted by Gasteiger charge is -2.08. The number of benzene rings is 3. The fourth-order valence-corrected chi connectivity index (χ4v) is 2.97. The number of rotatable bonds is 4. The Morgan fingerprint density at radius 3 is 2.19 bits per heavy atom. The van der Waals surface area contributed by atoms with Crippen LogP contribution < -0.4 is 14.2 Å². The Labute approximate surface area is 154 Å². The van der Waals surface area contributed by atoms with Gasteiger partial charge in [0.2, 0.25) is 0 Å². The smallest absolute Gasteiger partial charge is 0.343 e. The molecule has 4 rings (SSSR count). The number of carbonyl (C=O) groups excluding carboxylic acids is 1. The van der Waals surface area contributed by atoms with Gasteiger partial charge in [0.05, 0.1) is 30.6 Å². The van der Waals surface area contributed by atoms with E-state index in [1.165, 1.54) is 20.3 Å². The van der Waals surface area contributed by atoms with Crippen LogP contribution in [-0.4, -0.2) is 25.3 Å². The fraction of sp³-hybridized carbons (Fsp3) is 0.0952. The van der Waals surface area contributed by atoms with E-state index in [0.29, 0.717) is 39.0 Å². The van der Waals surface area contributed by atoms with Crippen molar-refractivity contribution in [2.45, 2.75) is 0 Å². The summed E-state index contributed by atoms with van der Waals surface area (Å²) in [5.74, 6) is 0.591. The van der Waals surface area contributed by atoms with Crippen molar-refractivity contribution in [2.75, 3.05) is 14.2 Å². The molecular formula is C21H16O6. The maximum absolute atomic E-state index is 12.5. The van der Waals surface area contributed by atoms with Crippen molar-refractivity contribution in [1.82, 2.24) is 0 Å². The number of furan rings is 1. The second-order valence-corrected chi connectivity index (χ2v) is 5.88. The summed E-state index contributed by atoms with van der Waals surface area (Å²) in [7, 11) is 3.01. The molecule has 136 valence electrons. The average Bonchev–Trinajstić information content (AvgIpc) is 3.07. The van der Waals surface area contributed by atoms with E-state index in [1.807, 2.05) is 6.07 Å². The molecule has 0 aliphatic rings. The Morgan fingerprint density at radius 2 is 1.52 bits per heavy atom. The molecule has 0 atom stereocenters. The summed E-state index contributed by atoms with van der Waals surface area (Å²) in [6, 6.07) is 15.0. The van der Waals surface area contributed by atoms with Gasteiger partial charge in [0.25, 0.3) is 0 Å². The number of hydrogen-bond acceptors (Lipinski definition) is 6. The molecule has 0 fully saturated rings. The van der Waals surface area contributed by atoms with Gasteiger partial charge in [0.1, 0.15) is 34.2 Å². The van der Waals surface area contributed by atoms with Crippen molar-refractivity contribution in [2.24, 2.45) is 0 Å². The first-order valence-corrected chi connectivity index (χ1v) is 8.19. The molecule has 4 aromatic rings. The monoisotopic (exact) mass is 364 g/mol. The maximum atomic E-state index is 12.5. The highest BCUT2D eigenvalue weighted by Gasteiger charge is 2.20. The first kappa shape index (κ1) is 16.8. The van der Waals surface area contributed by atoms with Crippen LogP contribution in [0.5, 0.6) is 23.0 Å². The number of hydrogen-bond donors (Lipinski definition) is 1. The molecule has 0 unspecified atom stereocenters. The lowest BCUT2D eigenvalue weighted by molar-refractivity contribution is 0.0737. The zero-order valence-corrected chi connectivity index (χ0v) is 14.7. The minimum absolute atomic E-state index is 0.0368. The van der Waals surface area contributed by atoms with Gasteiger partial charge in [-0.3, -0.25) is 0 Å². The van der Waals surface area contributed by atoms with Crippen LogP contribution in [0.4, 0.5) is 0 Å².